The van der Waals surface area contributed by atoms with Crippen molar-refractivity contribution in [1.29, 1.82) is 0 Å². The molecule has 0 spiro atoms. The molecule has 0 saturated carbocycles. The first-order valence-corrected chi connectivity index (χ1v) is 13.0. The Bertz CT molecular complexity index is 1230. The van der Waals surface area contributed by atoms with Crippen molar-refractivity contribution in [3.05, 3.63) is 30.1 Å². The Hall–Kier alpha value is -3.21. The Morgan fingerprint density at radius 3 is 2.67 bits per heavy atom. The minimum absolute atomic E-state index is 0.0561. The number of likely N-dealkylation sites (N-methyl/N-ethyl adjacent to an activating group) is 1. The number of rotatable bonds is 7. The number of ether oxygens (including phenoxy) is 1. The third-order valence-electron chi connectivity index (χ3n) is 5.90. The number of piperidine rings is 1. The second-order valence-corrected chi connectivity index (χ2v) is 11.0. The fourth-order valence-electron chi connectivity index (χ4n) is 4.20. The zero-order valence-corrected chi connectivity index (χ0v) is 22.2. The summed E-state index contributed by atoms with van der Waals surface area (Å²) in [4.78, 5) is 34.1. The molecule has 36 heavy (non-hydrogen) atoms. The Morgan fingerprint density at radius 1 is 1.28 bits per heavy atom. The van der Waals surface area contributed by atoms with Crippen LogP contribution in [0.1, 0.15) is 40.5 Å². The maximum atomic E-state index is 13.5. The minimum atomic E-state index is -0.306. The largest absolute Gasteiger partial charge is 0.466 e. The lowest BCUT2D eigenvalue weighted by Crippen LogP contribution is -2.46. The average molecular weight is 517 g/mol. The number of esters is 1. The van der Waals surface area contributed by atoms with Gasteiger partial charge in [0.15, 0.2) is 5.82 Å². The molecular formula is C25H33FN6O3S. The van der Waals surface area contributed by atoms with Crippen molar-refractivity contribution in [2.24, 2.45) is 5.92 Å². The summed E-state index contributed by atoms with van der Waals surface area (Å²) < 4.78 is 20.4. The summed E-state index contributed by atoms with van der Waals surface area (Å²) in [5.41, 5.74) is 1.21. The molecule has 1 fully saturated rings. The zero-order chi connectivity index (χ0) is 26.0. The number of nitrogens with zero attached hydrogens (tertiary/aromatic N) is 5. The number of likely N-dealkylation sites (tertiary alicyclic amines) is 1. The summed E-state index contributed by atoms with van der Waals surface area (Å²) in [6.45, 7) is 9.40. The van der Waals surface area contributed by atoms with Crippen molar-refractivity contribution < 1.29 is 18.7 Å². The Labute approximate surface area is 214 Å². The van der Waals surface area contributed by atoms with Gasteiger partial charge < -0.3 is 19.9 Å². The number of imidazole rings is 1. The lowest BCUT2D eigenvalue weighted by atomic mass is 9.98. The first kappa shape index (κ1) is 25.9. The van der Waals surface area contributed by atoms with Crippen molar-refractivity contribution in [3.8, 4) is 11.3 Å². The second-order valence-electron chi connectivity index (χ2n) is 10.1. The molecule has 11 heteroatoms. The highest BCUT2D eigenvalue weighted by atomic mass is 32.1. The zero-order valence-electron chi connectivity index (χ0n) is 21.4. The van der Waals surface area contributed by atoms with Gasteiger partial charge in [0.2, 0.25) is 16.0 Å². The van der Waals surface area contributed by atoms with Crippen LogP contribution in [0, 0.1) is 11.7 Å². The number of hydrogen-bond acceptors (Lipinski definition) is 8. The predicted molar refractivity (Wildman–Crippen MR) is 139 cm³/mol. The van der Waals surface area contributed by atoms with Gasteiger partial charge in [-0.05, 0) is 64.8 Å². The van der Waals surface area contributed by atoms with Crippen LogP contribution >= 0.6 is 11.3 Å². The molecular weight excluding hydrogens is 483 g/mol. The van der Waals surface area contributed by atoms with Crippen molar-refractivity contribution >= 4 is 39.1 Å². The van der Waals surface area contributed by atoms with E-state index in [1.54, 1.807) is 33.4 Å². The number of carbonyl (C=O) groups is 2. The molecule has 1 aliphatic rings. The van der Waals surface area contributed by atoms with Gasteiger partial charge in [-0.2, -0.15) is 4.52 Å². The van der Waals surface area contributed by atoms with Crippen molar-refractivity contribution in [2.45, 2.75) is 46.1 Å². The standard InChI is InChI=1S/C25H33FN6O3S/c1-6-35-22(34)17-8-7-13-31(14-17)19(33)15-30(5)24-29-32-21(28-25(2,3)4)20(27-23(32)36-24)16-9-11-18(26)12-10-16/h9-12,17,28H,6-8,13-15H2,1-5H3. The summed E-state index contributed by atoms with van der Waals surface area (Å²) in [6, 6.07) is 6.22. The number of anilines is 2. The quantitative estimate of drug-likeness (QED) is 0.474. The molecule has 2 aromatic heterocycles. The summed E-state index contributed by atoms with van der Waals surface area (Å²) in [6.07, 6.45) is 1.51. The minimum Gasteiger partial charge on any atom is -0.466 e. The Kier molecular flexibility index (Phi) is 7.49. The van der Waals surface area contributed by atoms with E-state index in [9.17, 15) is 14.0 Å². The normalized spacial score (nSPS) is 16.3. The van der Waals surface area contributed by atoms with Crippen LogP contribution in [0.3, 0.4) is 0 Å². The molecule has 1 saturated heterocycles. The van der Waals surface area contributed by atoms with Gasteiger partial charge in [0.25, 0.3) is 0 Å². The van der Waals surface area contributed by atoms with Crippen molar-refractivity contribution in [3.63, 3.8) is 0 Å². The van der Waals surface area contributed by atoms with Crippen molar-refractivity contribution in [1.82, 2.24) is 19.5 Å². The van der Waals surface area contributed by atoms with Gasteiger partial charge >= 0.3 is 5.97 Å². The maximum absolute atomic E-state index is 13.5. The molecule has 1 aromatic carbocycles. The number of aromatic nitrogens is 3. The summed E-state index contributed by atoms with van der Waals surface area (Å²) >= 11 is 1.37. The number of amides is 1. The number of halogens is 1. The van der Waals surface area contributed by atoms with Crippen LogP contribution in [0.4, 0.5) is 15.3 Å². The average Bonchev–Trinajstić information content (AvgIpc) is 3.38. The van der Waals surface area contributed by atoms with Crippen LogP contribution in [0.5, 0.6) is 0 Å². The van der Waals surface area contributed by atoms with Crippen LogP contribution in [0.25, 0.3) is 16.2 Å². The van der Waals surface area contributed by atoms with E-state index in [2.05, 4.69) is 5.32 Å². The topological polar surface area (TPSA) is 92.1 Å². The molecule has 1 unspecified atom stereocenters. The van der Waals surface area contributed by atoms with Crippen LogP contribution in [-0.4, -0.2) is 70.2 Å². The Morgan fingerprint density at radius 2 is 2.00 bits per heavy atom. The van der Waals surface area contributed by atoms with Gasteiger partial charge in [-0.15, -0.1) is 5.10 Å². The van der Waals surface area contributed by atoms with E-state index >= 15 is 0 Å². The third kappa shape index (κ3) is 5.77. The van der Waals surface area contributed by atoms with E-state index in [1.165, 1.54) is 23.5 Å². The molecule has 3 aromatic rings. The van der Waals surface area contributed by atoms with Gasteiger partial charge in [-0.25, -0.2) is 9.37 Å². The van der Waals surface area contributed by atoms with Crippen molar-refractivity contribution in [2.75, 3.05) is 43.5 Å². The molecule has 4 rings (SSSR count). The fourth-order valence-corrected chi connectivity index (χ4v) is 5.06. The number of fused-ring (bicyclic) bond motifs is 1. The van der Waals surface area contributed by atoms with Crippen LogP contribution in [0.2, 0.25) is 0 Å². The number of carbonyl (C=O) groups excluding carboxylic acids is 2. The molecule has 3 heterocycles. The summed E-state index contributed by atoms with van der Waals surface area (Å²) in [5, 5.41) is 8.86. The predicted octanol–water partition coefficient (Wildman–Crippen LogP) is 4.05. The summed E-state index contributed by atoms with van der Waals surface area (Å²) in [7, 11) is 1.82. The number of benzene rings is 1. The second kappa shape index (κ2) is 10.4. The fraction of sp³-hybridized carbons (Fsp3) is 0.520. The van der Waals surface area contributed by atoms with Gasteiger partial charge in [0.05, 0.1) is 19.1 Å². The highest BCUT2D eigenvalue weighted by Gasteiger charge is 2.30. The highest BCUT2D eigenvalue weighted by Crippen LogP contribution is 2.34. The smallest absolute Gasteiger partial charge is 0.310 e. The first-order chi connectivity index (χ1) is 17.1. The molecule has 0 aliphatic carbocycles. The molecule has 9 nitrogen and oxygen atoms in total. The summed E-state index contributed by atoms with van der Waals surface area (Å²) in [5.74, 6) is -0.162. The SMILES string of the molecule is CCOC(=O)C1CCCN(C(=O)CN(C)c2nn3c(NC(C)(C)C)c(-c4ccc(F)cc4)nc3s2)C1. The lowest BCUT2D eigenvalue weighted by Gasteiger charge is -2.32. The van der Waals surface area contributed by atoms with Crippen LogP contribution in [-0.2, 0) is 14.3 Å². The van der Waals surface area contributed by atoms with Gasteiger partial charge in [0.1, 0.15) is 11.5 Å². The highest BCUT2D eigenvalue weighted by molar-refractivity contribution is 7.20. The lowest BCUT2D eigenvalue weighted by molar-refractivity contribution is -0.151. The monoisotopic (exact) mass is 516 g/mol. The molecule has 1 atom stereocenters. The molecule has 0 radical (unpaired) electrons. The molecule has 194 valence electrons. The maximum Gasteiger partial charge on any atom is 0.310 e. The van der Waals surface area contributed by atoms with E-state index in [1.807, 2.05) is 27.8 Å². The first-order valence-electron chi connectivity index (χ1n) is 12.1. The van der Waals surface area contributed by atoms with Gasteiger partial charge in [0, 0.05) is 31.2 Å². The van der Waals surface area contributed by atoms with Gasteiger partial charge in [-0.3, -0.25) is 9.59 Å². The van der Waals surface area contributed by atoms with Crippen LogP contribution < -0.4 is 10.2 Å². The van der Waals surface area contributed by atoms with E-state index in [4.69, 9.17) is 14.8 Å². The molecule has 0 bridgehead atoms. The van der Waals surface area contributed by atoms with E-state index in [-0.39, 0.29) is 35.7 Å². The number of nitrogens with one attached hydrogen (secondary N) is 1. The van der Waals surface area contributed by atoms with Crippen LogP contribution in [0.15, 0.2) is 24.3 Å². The van der Waals surface area contributed by atoms with E-state index in [0.717, 1.165) is 18.4 Å². The third-order valence-corrected chi connectivity index (χ3v) is 6.92. The van der Waals surface area contributed by atoms with E-state index < -0.39 is 0 Å². The van der Waals surface area contributed by atoms with Gasteiger partial charge in [-0.1, -0.05) is 11.3 Å². The Balaban J connectivity index is 1.54. The molecule has 1 N–H and O–H groups in total. The van der Waals surface area contributed by atoms with E-state index in [0.29, 0.717) is 41.3 Å². The molecule has 1 amide bonds. The molecule has 1 aliphatic heterocycles. The number of hydrogen-bond donors (Lipinski definition) is 1.